The van der Waals surface area contributed by atoms with Gasteiger partial charge in [-0.1, -0.05) is 13.0 Å². The van der Waals surface area contributed by atoms with E-state index >= 15 is 0 Å². The molecule has 2 aromatic heterocycles. The maximum Gasteiger partial charge on any atom is 0.219 e. The summed E-state index contributed by atoms with van der Waals surface area (Å²) in [6, 6.07) is 1.91. The summed E-state index contributed by atoms with van der Waals surface area (Å²) < 4.78 is 6.32. The van der Waals surface area contributed by atoms with Gasteiger partial charge in [-0.25, -0.2) is 9.97 Å². The molecular formula is C27H34N6O3S. The first-order valence-electron chi connectivity index (χ1n) is 13.0. The summed E-state index contributed by atoms with van der Waals surface area (Å²) in [5.41, 5.74) is 6.34. The van der Waals surface area contributed by atoms with Crippen molar-refractivity contribution in [2.45, 2.75) is 69.9 Å². The molecule has 0 unspecified atom stereocenters. The molecule has 196 valence electrons. The summed E-state index contributed by atoms with van der Waals surface area (Å²) in [6.07, 6.45) is 9.95. The number of carbonyl (C=O) groups excluding carboxylic acids is 2. The molecule has 0 amide bonds. The summed E-state index contributed by atoms with van der Waals surface area (Å²) in [5, 5.41) is 5.72. The molecule has 2 aromatic rings. The van der Waals surface area contributed by atoms with E-state index in [0.717, 1.165) is 38.6 Å². The summed E-state index contributed by atoms with van der Waals surface area (Å²) >= 11 is 1.44. The lowest BCUT2D eigenvalue weighted by molar-refractivity contribution is -0.143. The van der Waals surface area contributed by atoms with Crippen molar-refractivity contribution in [3.63, 3.8) is 0 Å². The highest BCUT2D eigenvalue weighted by Gasteiger charge is 2.49. The molecule has 5 rings (SSSR count). The molecule has 10 heteroatoms. The van der Waals surface area contributed by atoms with Crippen LogP contribution in [0, 0.1) is 5.41 Å². The maximum atomic E-state index is 13.7. The average Bonchev–Trinajstić information content (AvgIpc) is 3.57. The fourth-order valence-electron chi connectivity index (χ4n) is 5.91. The van der Waals surface area contributed by atoms with Crippen molar-refractivity contribution in [3.05, 3.63) is 41.7 Å². The number of carbonyl (C=O) groups is 2. The number of nitrogens with one attached hydrogen (secondary N) is 1. The van der Waals surface area contributed by atoms with Crippen LogP contribution in [0.2, 0.25) is 0 Å². The molecule has 2 aliphatic carbocycles. The summed E-state index contributed by atoms with van der Waals surface area (Å²) in [4.78, 5) is 42.4. The van der Waals surface area contributed by atoms with Gasteiger partial charge in [-0.15, -0.1) is 11.3 Å². The fraction of sp³-hybridized carbons (Fsp3) is 0.519. The van der Waals surface area contributed by atoms with Crippen molar-refractivity contribution < 1.29 is 14.3 Å². The van der Waals surface area contributed by atoms with Crippen LogP contribution in [0.5, 0.6) is 5.88 Å². The normalized spacial score (nSPS) is 26.8. The molecule has 0 bridgehead atoms. The number of hydrogen-bond donors (Lipinski definition) is 2. The summed E-state index contributed by atoms with van der Waals surface area (Å²) in [7, 11) is 2.08. The van der Waals surface area contributed by atoms with Crippen molar-refractivity contribution in [2.75, 3.05) is 18.9 Å². The minimum absolute atomic E-state index is 0.0485. The largest absolute Gasteiger partial charge is 0.468 e. The van der Waals surface area contributed by atoms with E-state index in [-0.39, 0.29) is 35.2 Å². The van der Waals surface area contributed by atoms with Crippen molar-refractivity contribution >= 4 is 39.5 Å². The molecular weight excluding hydrogens is 488 g/mol. The molecule has 0 radical (unpaired) electrons. The third kappa shape index (κ3) is 5.04. The van der Waals surface area contributed by atoms with E-state index in [1.807, 2.05) is 5.38 Å². The molecule has 2 saturated carbocycles. The van der Waals surface area contributed by atoms with Crippen molar-refractivity contribution in [3.8, 4) is 5.88 Å². The second kappa shape index (κ2) is 10.7. The highest BCUT2D eigenvalue weighted by Crippen LogP contribution is 2.45. The van der Waals surface area contributed by atoms with Gasteiger partial charge in [0.15, 0.2) is 16.7 Å². The van der Waals surface area contributed by atoms with Crippen LogP contribution in [0.15, 0.2) is 35.9 Å². The van der Waals surface area contributed by atoms with Gasteiger partial charge in [-0.3, -0.25) is 14.5 Å². The molecule has 3 heterocycles. The first-order valence-corrected chi connectivity index (χ1v) is 13.9. The van der Waals surface area contributed by atoms with Crippen LogP contribution in [0.1, 0.15) is 63.6 Å². The Morgan fingerprint density at radius 1 is 1.27 bits per heavy atom. The number of ether oxygens (including phenoxy) is 1. The summed E-state index contributed by atoms with van der Waals surface area (Å²) in [6.45, 7) is 4.99. The smallest absolute Gasteiger partial charge is 0.219 e. The van der Waals surface area contributed by atoms with Crippen LogP contribution < -0.4 is 15.8 Å². The van der Waals surface area contributed by atoms with Crippen LogP contribution in [-0.4, -0.2) is 57.2 Å². The van der Waals surface area contributed by atoms with Gasteiger partial charge in [0.05, 0.1) is 17.2 Å². The van der Waals surface area contributed by atoms with Gasteiger partial charge in [0, 0.05) is 29.6 Å². The van der Waals surface area contributed by atoms with Crippen LogP contribution in [0.4, 0.5) is 10.9 Å². The highest BCUT2D eigenvalue weighted by atomic mass is 32.1. The number of nitrogens with two attached hydrogens (primary N) is 1. The predicted molar refractivity (Wildman–Crippen MR) is 144 cm³/mol. The lowest BCUT2D eigenvalue weighted by Gasteiger charge is -2.38. The minimum atomic E-state index is -0.937. The van der Waals surface area contributed by atoms with Gasteiger partial charge in [-0.2, -0.15) is 4.98 Å². The first kappa shape index (κ1) is 25.5. The Hall–Kier alpha value is -3.11. The number of hydrogen-bond acceptors (Lipinski definition) is 10. The zero-order valence-corrected chi connectivity index (χ0v) is 22.1. The van der Waals surface area contributed by atoms with E-state index in [0.29, 0.717) is 48.1 Å². The Morgan fingerprint density at radius 2 is 2.11 bits per heavy atom. The Bertz CT molecular complexity index is 1210. The SMILES string of the molecule is C=C[C@H](Oc1cc(Nc2nccs2)nc(/C(N)=C2\CCC[C@@]3(CCCCC3=O)C2=O)n1)[C@@H]1CCCN1C. The highest BCUT2D eigenvalue weighted by molar-refractivity contribution is 7.13. The number of likely N-dealkylation sites (tertiary alicyclic amines) is 1. The fourth-order valence-corrected chi connectivity index (χ4v) is 6.45. The lowest BCUT2D eigenvalue weighted by Crippen LogP contribution is -2.45. The van der Waals surface area contributed by atoms with Crippen molar-refractivity contribution in [1.82, 2.24) is 19.9 Å². The number of thiazole rings is 1. The maximum absolute atomic E-state index is 13.7. The number of ketones is 2. The molecule has 1 aliphatic heterocycles. The zero-order chi connectivity index (χ0) is 26.0. The van der Waals surface area contributed by atoms with Crippen LogP contribution in [0.25, 0.3) is 5.70 Å². The Kier molecular flexibility index (Phi) is 7.39. The first-order chi connectivity index (χ1) is 17.9. The second-order valence-electron chi connectivity index (χ2n) is 10.2. The van der Waals surface area contributed by atoms with Gasteiger partial charge in [-0.05, 0) is 64.6 Å². The molecule has 9 nitrogen and oxygen atoms in total. The van der Waals surface area contributed by atoms with Crippen LogP contribution in [0.3, 0.4) is 0 Å². The number of likely N-dealkylation sites (N-methyl/N-ethyl adjacent to an activating group) is 1. The molecule has 37 heavy (non-hydrogen) atoms. The third-order valence-electron chi connectivity index (χ3n) is 7.91. The van der Waals surface area contributed by atoms with Gasteiger partial charge >= 0.3 is 0 Å². The molecule has 1 saturated heterocycles. The van der Waals surface area contributed by atoms with E-state index in [9.17, 15) is 9.59 Å². The van der Waals surface area contributed by atoms with E-state index < -0.39 is 5.41 Å². The number of nitrogens with zero attached hydrogens (tertiary/aromatic N) is 4. The van der Waals surface area contributed by atoms with E-state index in [1.165, 1.54) is 11.3 Å². The number of rotatable bonds is 7. The van der Waals surface area contributed by atoms with Gasteiger partial charge < -0.3 is 15.8 Å². The Labute approximate surface area is 221 Å². The van der Waals surface area contributed by atoms with E-state index in [2.05, 4.69) is 38.8 Å². The molecule has 3 N–H and O–H groups in total. The molecule has 3 atom stereocenters. The monoisotopic (exact) mass is 522 g/mol. The minimum Gasteiger partial charge on any atom is -0.468 e. The Balaban J connectivity index is 1.51. The Morgan fingerprint density at radius 3 is 2.81 bits per heavy atom. The van der Waals surface area contributed by atoms with Crippen LogP contribution >= 0.6 is 11.3 Å². The van der Waals surface area contributed by atoms with E-state index in [4.69, 9.17) is 10.5 Å². The van der Waals surface area contributed by atoms with Crippen molar-refractivity contribution in [2.24, 2.45) is 11.1 Å². The number of Topliss-reactive ketones (excluding diaryl/α,β-unsaturated/α-hetero) is 2. The molecule has 3 aliphatic rings. The second-order valence-corrected chi connectivity index (χ2v) is 11.1. The number of aromatic nitrogens is 3. The predicted octanol–water partition coefficient (Wildman–Crippen LogP) is 4.26. The topological polar surface area (TPSA) is 123 Å². The molecule has 0 aromatic carbocycles. The van der Waals surface area contributed by atoms with Gasteiger partial charge in [0.25, 0.3) is 0 Å². The summed E-state index contributed by atoms with van der Waals surface area (Å²) in [5.74, 6) is 0.911. The average molecular weight is 523 g/mol. The van der Waals surface area contributed by atoms with E-state index in [1.54, 1.807) is 18.3 Å². The standard InChI is InChI=1S/C27H34N6O3S/c1-3-19(18-9-7-14-33(18)2)36-22-16-21(31-26-29-13-15-37-26)30-25(32-22)23(28)17-8-6-12-27(24(17)35)11-5-4-10-20(27)34/h3,13,15-16,18-19H,1,4-12,14,28H2,2H3,(H,29,30,31,32)/b23-17-/t18-,19-,27+/m0/s1. The number of anilines is 2. The quantitative estimate of drug-likeness (QED) is 0.312. The molecule has 1 spiro atoms. The van der Waals surface area contributed by atoms with Crippen LogP contribution in [-0.2, 0) is 9.59 Å². The van der Waals surface area contributed by atoms with Crippen molar-refractivity contribution in [1.29, 1.82) is 0 Å². The van der Waals surface area contributed by atoms with Gasteiger partial charge in [0.2, 0.25) is 5.88 Å². The van der Waals surface area contributed by atoms with Gasteiger partial charge in [0.1, 0.15) is 17.7 Å². The zero-order valence-electron chi connectivity index (χ0n) is 21.2. The lowest BCUT2D eigenvalue weighted by atomic mass is 9.62. The number of allylic oxidation sites excluding steroid dienone is 1. The third-order valence-corrected chi connectivity index (χ3v) is 8.60. The molecule has 3 fully saturated rings.